The van der Waals surface area contributed by atoms with Crippen LogP contribution in [-0.2, 0) is 0 Å². The minimum atomic E-state index is 0.344. The van der Waals surface area contributed by atoms with Gasteiger partial charge in [-0.1, -0.05) is 20.3 Å². The van der Waals surface area contributed by atoms with Crippen molar-refractivity contribution < 1.29 is 0 Å². The van der Waals surface area contributed by atoms with Gasteiger partial charge in [-0.25, -0.2) is 0 Å². The van der Waals surface area contributed by atoms with Crippen molar-refractivity contribution in [2.75, 3.05) is 19.6 Å². The summed E-state index contributed by atoms with van der Waals surface area (Å²) in [6.07, 6.45) is 4.44. The second kappa shape index (κ2) is 6.64. The van der Waals surface area contributed by atoms with E-state index in [1.165, 1.54) is 18.5 Å². The van der Waals surface area contributed by atoms with Crippen molar-refractivity contribution in [3.63, 3.8) is 0 Å². The predicted molar refractivity (Wildman–Crippen MR) is 64.7 cm³/mol. The highest BCUT2D eigenvalue weighted by molar-refractivity contribution is 5.09. The molecular formula is C12H23N3. The van der Waals surface area contributed by atoms with E-state index in [2.05, 4.69) is 29.8 Å². The van der Waals surface area contributed by atoms with E-state index in [-0.39, 0.29) is 0 Å². The highest BCUT2D eigenvalue weighted by Gasteiger charge is 2.17. The zero-order valence-electron chi connectivity index (χ0n) is 9.87. The molecule has 0 spiro atoms. The van der Waals surface area contributed by atoms with Crippen LogP contribution in [0.4, 0.5) is 0 Å². The van der Waals surface area contributed by atoms with E-state index in [4.69, 9.17) is 5.73 Å². The monoisotopic (exact) mass is 209 g/mol. The number of unbranched alkanes of at least 4 members (excludes halogenated alkanes) is 1. The molecule has 0 aliphatic heterocycles. The minimum Gasteiger partial charge on any atom is -0.364 e. The Bertz CT molecular complexity index is 243. The zero-order chi connectivity index (χ0) is 11.1. The number of aromatic nitrogens is 1. The van der Waals surface area contributed by atoms with Gasteiger partial charge in [0.15, 0.2) is 0 Å². The molecule has 0 saturated heterocycles. The molecule has 15 heavy (non-hydrogen) atoms. The number of nitrogens with zero attached hydrogens (tertiary/aromatic N) is 1. The van der Waals surface area contributed by atoms with Crippen molar-refractivity contribution in [1.82, 2.24) is 9.88 Å². The van der Waals surface area contributed by atoms with Crippen molar-refractivity contribution in [2.24, 2.45) is 5.73 Å². The summed E-state index contributed by atoms with van der Waals surface area (Å²) >= 11 is 0. The number of H-pyrrole nitrogens is 1. The lowest BCUT2D eigenvalue weighted by atomic mass is 10.1. The minimum absolute atomic E-state index is 0.344. The molecule has 3 N–H and O–H groups in total. The molecule has 1 aromatic rings. The van der Waals surface area contributed by atoms with Crippen molar-refractivity contribution in [1.29, 1.82) is 0 Å². The molecule has 1 heterocycles. The lowest BCUT2D eigenvalue weighted by Gasteiger charge is -2.29. The van der Waals surface area contributed by atoms with Crippen molar-refractivity contribution in [3.8, 4) is 0 Å². The summed E-state index contributed by atoms with van der Waals surface area (Å²) in [4.78, 5) is 5.70. The maximum Gasteiger partial charge on any atom is 0.0622 e. The number of nitrogens with two attached hydrogens (primary N) is 1. The van der Waals surface area contributed by atoms with E-state index < -0.39 is 0 Å². The number of aromatic amines is 1. The molecule has 0 amide bonds. The van der Waals surface area contributed by atoms with Crippen LogP contribution in [0.3, 0.4) is 0 Å². The first-order valence-electron chi connectivity index (χ1n) is 5.90. The number of likely N-dealkylation sites (N-methyl/N-ethyl adjacent to an activating group) is 1. The summed E-state index contributed by atoms with van der Waals surface area (Å²) in [5.41, 5.74) is 7.08. The van der Waals surface area contributed by atoms with Crippen molar-refractivity contribution in [2.45, 2.75) is 32.7 Å². The molecular weight excluding hydrogens is 186 g/mol. The van der Waals surface area contributed by atoms with Gasteiger partial charge in [0.25, 0.3) is 0 Å². The van der Waals surface area contributed by atoms with E-state index in [1.54, 1.807) is 0 Å². The quantitative estimate of drug-likeness (QED) is 0.722. The van der Waals surface area contributed by atoms with E-state index in [1.807, 2.05) is 12.3 Å². The Labute approximate surface area is 92.7 Å². The number of nitrogens with one attached hydrogen (secondary N) is 1. The number of rotatable bonds is 7. The summed E-state index contributed by atoms with van der Waals surface area (Å²) in [6, 6.07) is 4.49. The van der Waals surface area contributed by atoms with E-state index in [9.17, 15) is 0 Å². The fourth-order valence-electron chi connectivity index (χ4n) is 1.92. The van der Waals surface area contributed by atoms with Crippen molar-refractivity contribution in [3.05, 3.63) is 24.0 Å². The van der Waals surface area contributed by atoms with Crippen LogP contribution < -0.4 is 5.73 Å². The average molecular weight is 209 g/mol. The van der Waals surface area contributed by atoms with Crippen LogP contribution in [0.1, 0.15) is 38.4 Å². The summed E-state index contributed by atoms with van der Waals surface area (Å²) in [5, 5.41) is 0. The van der Waals surface area contributed by atoms with Crippen LogP contribution in [0.2, 0.25) is 0 Å². The van der Waals surface area contributed by atoms with Crippen LogP contribution in [-0.4, -0.2) is 29.5 Å². The summed E-state index contributed by atoms with van der Waals surface area (Å²) in [5.74, 6) is 0. The van der Waals surface area contributed by atoms with Crippen LogP contribution in [0.15, 0.2) is 18.3 Å². The molecule has 3 nitrogen and oxygen atoms in total. The van der Waals surface area contributed by atoms with Gasteiger partial charge < -0.3 is 10.7 Å². The van der Waals surface area contributed by atoms with E-state index in [0.29, 0.717) is 12.6 Å². The maximum atomic E-state index is 5.85. The molecule has 0 aliphatic rings. The first-order chi connectivity index (χ1) is 7.33. The molecule has 86 valence electrons. The largest absolute Gasteiger partial charge is 0.364 e. The van der Waals surface area contributed by atoms with Crippen LogP contribution in [0.25, 0.3) is 0 Å². The van der Waals surface area contributed by atoms with E-state index >= 15 is 0 Å². The smallest absolute Gasteiger partial charge is 0.0622 e. The Balaban J connectivity index is 2.62. The highest BCUT2D eigenvalue weighted by Crippen LogP contribution is 2.17. The first kappa shape index (κ1) is 12.3. The fraction of sp³-hybridized carbons (Fsp3) is 0.667. The topological polar surface area (TPSA) is 45.0 Å². The van der Waals surface area contributed by atoms with Gasteiger partial charge in [0, 0.05) is 18.4 Å². The van der Waals surface area contributed by atoms with Gasteiger partial charge in [0.1, 0.15) is 0 Å². The molecule has 0 aromatic carbocycles. The van der Waals surface area contributed by atoms with Gasteiger partial charge in [-0.2, -0.15) is 0 Å². The molecule has 1 rings (SSSR count). The zero-order valence-corrected chi connectivity index (χ0v) is 9.87. The molecule has 0 bridgehead atoms. The molecule has 1 atom stereocenters. The normalized spacial score (nSPS) is 13.3. The second-order valence-corrected chi connectivity index (χ2v) is 3.86. The molecule has 0 aliphatic carbocycles. The molecule has 0 fully saturated rings. The Kier molecular flexibility index (Phi) is 5.43. The number of hydrogen-bond acceptors (Lipinski definition) is 2. The Morgan fingerprint density at radius 1 is 1.47 bits per heavy atom. The highest BCUT2D eigenvalue weighted by atomic mass is 15.2. The third-order valence-electron chi connectivity index (χ3n) is 2.85. The molecule has 0 radical (unpaired) electrons. The third kappa shape index (κ3) is 3.36. The van der Waals surface area contributed by atoms with Gasteiger partial charge >= 0.3 is 0 Å². The standard InChI is InChI=1S/C12H23N3/c1-3-5-9-15(4-2)12(10-13)11-7-6-8-14-11/h6-8,12,14H,3-5,9-10,13H2,1-2H3. The SMILES string of the molecule is CCCCN(CC)C(CN)c1ccc[nH]1. The van der Waals surface area contributed by atoms with Crippen molar-refractivity contribution >= 4 is 0 Å². The maximum absolute atomic E-state index is 5.85. The summed E-state index contributed by atoms with van der Waals surface area (Å²) < 4.78 is 0. The van der Waals surface area contributed by atoms with Gasteiger partial charge in [-0.15, -0.1) is 0 Å². The summed E-state index contributed by atoms with van der Waals surface area (Å²) in [7, 11) is 0. The molecule has 3 heteroatoms. The fourth-order valence-corrected chi connectivity index (χ4v) is 1.92. The third-order valence-corrected chi connectivity index (χ3v) is 2.85. The van der Waals surface area contributed by atoms with Gasteiger partial charge in [0.2, 0.25) is 0 Å². The van der Waals surface area contributed by atoms with Crippen LogP contribution >= 0.6 is 0 Å². The Morgan fingerprint density at radius 3 is 2.73 bits per heavy atom. The molecule has 0 saturated carbocycles. The lowest BCUT2D eigenvalue weighted by Crippen LogP contribution is -2.34. The number of hydrogen-bond donors (Lipinski definition) is 2. The lowest BCUT2D eigenvalue weighted by molar-refractivity contribution is 0.206. The van der Waals surface area contributed by atoms with Crippen LogP contribution in [0.5, 0.6) is 0 Å². The Morgan fingerprint density at radius 2 is 2.27 bits per heavy atom. The van der Waals surface area contributed by atoms with Gasteiger partial charge in [0.05, 0.1) is 6.04 Å². The van der Waals surface area contributed by atoms with E-state index in [0.717, 1.165) is 13.1 Å². The molecule has 1 aromatic heterocycles. The second-order valence-electron chi connectivity index (χ2n) is 3.86. The first-order valence-corrected chi connectivity index (χ1v) is 5.90. The Hall–Kier alpha value is -0.800. The molecule has 1 unspecified atom stereocenters. The van der Waals surface area contributed by atoms with Crippen LogP contribution in [0, 0.1) is 0 Å². The van der Waals surface area contributed by atoms with Gasteiger partial charge in [-0.05, 0) is 31.6 Å². The predicted octanol–water partition coefficient (Wildman–Crippen LogP) is 2.14. The average Bonchev–Trinajstić information content (AvgIpc) is 2.77. The summed E-state index contributed by atoms with van der Waals surface area (Å²) in [6.45, 7) is 7.29. The van der Waals surface area contributed by atoms with Gasteiger partial charge in [-0.3, -0.25) is 4.90 Å².